The Morgan fingerprint density at radius 2 is 1.95 bits per heavy atom. The van der Waals surface area contributed by atoms with E-state index in [-0.39, 0.29) is 18.2 Å². The first-order valence-corrected chi connectivity index (χ1v) is 6.25. The number of nitrogens with zero attached hydrogens (tertiary/aromatic N) is 3. The third kappa shape index (κ3) is 2.90. The number of hydrogen-bond donors (Lipinski definition) is 1. The van der Waals surface area contributed by atoms with E-state index in [1.54, 1.807) is 6.92 Å². The summed E-state index contributed by atoms with van der Waals surface area (Å²) >= 11 is 0. The van der Waals surface area contributed by atoms with E-state index in [9.17, 15) is 9.59 Å². The second-order valence-electron chi connectivity index (χ2n) is 4.60. The quantitative estimate of drug-likeness (QED) is 0.860. The summed E-state index contributed by atoms with van der Waals surface area (Å²) in [4.78, 5) is 23.3. The second-order valence-corrected chi connectivity index (χ2v) is 4.60. The van der Waals surface area contributed by atoms with Crippen molar-refractivity contribution in [3.63, 3.8) is 0 Å². The second kappa shape index (κ2) is 5.64. The molecule has 0 bridgehead atoms. The molecule has 1 N–H and O–H groups in total. The van der Waals surface area contributed by atoms with Crippen molar-refractivity contribution in [1.29, 1.82) is 0 Å². The van der Waals surface area contributed by atoms with Gasteiger partial charge in [-0.25, -0.2) is 4.68 Å². The maximum absolute atomic E-state index is 12.0. The Bertz CT molecular complexity index is 661. The summed E-state index contributed by atoms with van der Waals surface area (Å²) in [6, 6.07) is 7.52. The van der Waals surface area contributed by atoms with E-state index in [1.807, 2.05) is 31.2 Å². The van der Waals surface area contributed by atoms with Gasteiger partial charge in [0, 0.05) is 12.6 Å². The summed E-state index contributed by atoms with van der Waals surface area (Å²) in [5.41, 5.74) is 2.65. The normalized spacial score (nSPS) is 10.3. The predicted octanol–water partition coefficient (Wildman–Crippen LogP) is 1.74. The largest absolute Gasteiger partial charge is 0.324 e. The molecule has 1 aromatic heterocycles. The third-order valence-corrected chi connectivity index (χ3v) is 3.03. The number of anilines is 1. The van der Waals surface area contributed by atoms with Crippen LogP contribution in [0.1, 0.15) is 28.7 Å². The van der Waals surface area contributed by atoms with Gasteiger partial charge in [-0.1, -0.05) is 23.4 Å². The van der Waals surface area contributed by atoms with Gasteiger partial charge in [0.2, 0.25) is 5.91 Å². The lowest BCUT2D eigenvalue weighted by atomic mass is 10.2. The zero-order valence-electron chi connectivity index (χ0n) is 11.7. The molecule has 0 saturated heterocycles. The molecule has 1 heterocycles. The lowest BCUT2D eigenvalue weighted by Gasteiger charge is -2.08. The monoisotopic (exact) mass is 272 g/mol. The Morgan fingerprint density at radius 3 is 2.55 bits per heavy atom. The third-order valence-electron chi connectivity index (χ3n) is 3.03. The van der Waals surface area contributed by atoms with E-state index in [1.165, 1.54) is 11.6 Å². The standard InChI is InChI=1S/C14H16N4O2/c1-9-6-4-5-7-12(9)15-13(20)8-18-10(2)14(11(3)19)16-17-18/h4-7H,8H2,1-3H3,(H,15,20). The molecule has 2 rings (SSSR count). The zero-order chi connectivity index (χ0) is 14.7. The Hall–Kier alpha value is -2.50. The van der Waals surface area contributed by atoms with Crippen LogP contribution in [0.4, 0.5) is 5.69 Å². The first-order valence-electron chi connectivity index (χ1n) is 6.25. The summed E-state index contributed by atoms with van der Waals surface area (Å²) in [6.45, 7) is 5.09. The molecule has 104 valence electrons. The molecule has 20 heavy (non-hydrogen) atoms. The van der Waals surface area contributed by atoms with Gasteiger partial charge in [-0.2, -0.15) is 0 Å². The number of aryl methyl sites for hydroxylation is 1. The lowest BCUT2D eigenvalue weighted by molar-refractivity contribution is -0.117. The molecule has 2 aromatic rings. The molecule has 1 amide bonds. The molecule has 0 unspecified atom stereocenters. The average Bonchev–Trinajstić information content (AvgIpc) is 2.74. The topological polar surface area (TPSA) is 76.9 Å². The van der Waals surface area contributed by atoms with Crippen LogP contribution in [-0.2, 0) is 11.3 Å². The smallest absolute Gasteiger partial charge is 0.246 e. The van der Waals surface area contributed by atoms with Gasteiger partial charge in [-0.05, 0) is 25.5 Å². The molecule has 1 aromatic carbocycles. The van der Waals surface area contributed by atoms with E-state index >= 15 is 0 Å². The van der Waals surface area contributed by atoms with Gasteiger partial charge in [0.1, 0.15) is 6.54 Å². The molecule has 6 nitrogen and oxygen atoms in total. The SMILES string of the molecule is CC(=O)c1nnn(CC(=O)Nc2ccccc2C)c1C. The van der Waals surface area contributed by atoms with Gasteiger partial charge in [0.25, 0.3) is 0 Å². The number of carbonyl (C=O) groups excluding carboxylic acids is 2. The van der Waals surface area contributed by atoms with Crippen LogP contribution in [0, 0.1) is 13.8 Å². The highest BCUT2D eigenvalue weighted by atomic mass is 16.2. The summed E-state index contributed by atoms with van der Waals surface area (Å²) in [5, 5.41) is 10.4. The summed E-state index contributed by atoms with van der Waals surface area (Å²) in [5.74, 6) is -0.365. The Kier molecular flexibility index (Phi) is 3.93. The summed E-state index contributed by atoms with van der Waals surface area (Å²) in [7, 11) is 0. The first kappa shape index (κ1) is 13.9. The number of amides is 1. The van der Waals surface area contributed by atoms with Gasteiger partial charge in [0.15, 0.2) is 11.5 Å². The van der Waals surface area contributed by atoms with Crippen molar-refractivity contribution in [3.8, 4) is 0 Å². The van der Waals surface area contributed by atoms with Crippen LogP contribution in [0.2, 0.25) is 0 Å². The number of aromatic nitrogens is 3. The van der Waals surface area contributed by atoms with E-state index in [4.69, 9.17) is 0 Å². The molecule has 0 aliphatic rings. The fourth-order valence-corrected chi connectivity index (χ4v) is 1.87. The Balaban J connectivity index is 2.09. The fraction of sp³-hybridized carbons (Fsp3) is 0.286. The fourth-order valence-electron chi connectivity index (χ4n) is 1.87. The number of ketones is 1. The first-order chi connectivity index (χ1) is 9.49. The molecule has 6 heteroatoms. The highest BCUT2D eigenvalue weighted by molar-refractivity contribution is 5.93. The van der Waals surface area contributed by atoms with E-state index in [0.717, 1.165) is 11.3 Å². The summed E-state index contributed by atoms with van der Waals surface area (Å²) in [6.07, 6.45) is 0. The Morgan fingerprint density at radius 1 is 1.25 bits per heavy atom. The number of nitrogens with one attached hydrogen (secondary N) is 1. The summed E-state index contributed by atoms with van der Waals surface area (Å²) < 4.78 is 1.42. The van der Waals surface area contributed by atoms with Gasteiger partial charge in [-0.15, -0.1) is 5.10 Å². The minimum absolute atomic E-state index is 0.0282. The van der Waals surface area contributed by atoms with Crippen molar-refractivity contribution < 1.29 is 9.59 Å². The minimum atomic E-state index is -0.206. The molecular formula is C14H16N4O2. The van der Waals surface area contributed by atoms with Crippen molar-refractivity contribution in [2.45, 2.75) is 27.3 Å². The molecular weight excluding hydrogens is 256 g/mol. The van der Waals surface area contributed by atoms with Gasteiger partial charge < -0.3 is 5.32 Å². The average molecular weight is 272 g/mol. The molecule has 0 saturated carbocycles. The zero-order valence-corrected chi connectivity index (χ0v) is 11.7. The minimum Gasteiger partial charge on any atom is -0.324 e. The van der Waals surface area contributed by atoms with Crippen LogP contribution < -0.4 is 5.32 Å². The van der Waals surface area contributed by atoms with Crippen molar-refractivity contribution in [3.05, 3.63) is 41.2 Å². The van der Waals surface area contributed by atoms with Crippen molar-refractivity contribution >= 4 is 17.4 Å². The molecule has 0 aliphatic heterocycles. The van der Waals surface area contributed by atoms with Gasteiger partial charge in [-0.3, -0.25) is 9.59 Å². The number of Topliss-reactive ketones (excluding diaryl/α,β-unsaturated/α-hetero) is 1. The number of benzene rings is 1. The Labute approximate surface area is 116 Å². The number of hydrogen-bond acceptors (Lipinski definition) is 4. The highest BCUT2D eigenvalue weighted by Gasteiger charge is 2.14. The van der Waals surface area contributed by atoms with E-state index in [2.05, 4.69) is 15.6 Å². The maximum atomic E-state index is 12.0. The van der Waals surface area contributed by atoms with E-state index < -0.39 is 0 Å². The number of rotatable bonds is 4. The highest BCUT2D eigenvalue weighted by Crippen LogP contribution is 2.13. The van der Waals surface area contributed by atoms with E-state index in [0.29, 0.717) is 11.4 Å². The van der Waals surface area contributed by atoms with Crippen LogP contribution >= 0.6 is 0 Å². The van der Waals surface area contributed by atoms with Crippen LogP contribution in [0.25, 0.3) is 0 Å². The molecule has 0 aliphatic carbocycles. The number of carbonyl (C=O) groups is 2. The van der Waals surface area contributed by atoms with Gasteiger partial charge >= 0.3 is 0 Å². The van der Waals surface area contributed by atoms with Crippen molar-refractivity contribution in [2.75, 3.05) is 5.32 Å². The lowest BCUT2D eigenvalue weighted by Crippen LogP contribution is -2.21. The van der Waals surface area contributed by atoms with Crippen molar-refractivity contribution in [1.82, 2.24) is 15.0 Å². The molecule has 0 atom stereocenters. The molecule has 0 spiro atoms. The van der Waals surface area contributed by atoms with Crippen LogP contribution in [0.15, 0.2) is 24.3 Å². The van der Waals surface area contributed by atoms with Crippen molar-refractivity contribution in [2.24, 2.45) is 0 Å². The van der Waals surface area contributed by atoms with Crippen LogP contribution in [-0.4, -0.2) is 26.7 Å². The van der Waals surface area contributed by atoms with Crippen LogP contribution in [0.5, 0.6) is 0 Å². The predicted molar refractivity (Wildman–Crippen MR) is 74.6 cm³/mol. The number of para-hydroxylation sites is 1. The van der Waals surface area contributed by atoms with Crippen LogP contribution in [0.3, 0.4) is 0 Å². The maximum Gasteiger partial charge on any atom is 0.246 e. The molecule has 0 radical (unpaired) electrons. The van der Waals surface area contributed by atoms with Gasteiger partial charge in [0.05, 0.1) is 5.69 Å². The molecule has 0 fully saturated rings.